The van der Waals surface area contributed by atoms with Crippen LogP contribution < -0.4 is 10.6 Å². The molecule has 3 aromatic rings. The van der Waals surface area contributed by atoms with Crippen LogP contribution in [0.1, 0.15) is 45.4 Å². The predicted molar refractivity (Wildman–Crippen MR) is 113 cm³/mol. The summed E-state index contributed by atoms with van der Waals surface area (Å²) < 4.78 is 0. The van der Waals surface area contributed by atoms with Gasteiger partial charge >= 0.3 is 0 Å². The highest BCUT2D eigenvalue weighted by atomic mass is 16.1. The molecule has 0 spiro atoms. The normalized spacial score (nSPS) is 18.4. The molecule has 1 amide bonds. The molecule has 29 heavy (non-hydrogen) atoms. The van der Waals surface area contributed by atoms with Gasteiger partial charge in [-0.05, 0) is 35.2 Å². The summed E-state index contributed by atoms with van der Waals surface area (Å²) in [6.07, 6.45) is 1.00. The molecular formula is C25H23N3O. The van der Waals surface area contributed by atoms with Crippen molar-refractivity contribution < 1.29 is 4.79 Å². The first kappa shape index (κ1) is 18.9. The maximum absolute atomic E-state index is 12.4. The molecular weight excluding hydrogens is 358 g/mol. The first-order valence-electron chi connectivity index (χ1n) is 9.87. The van der Waals surface area contributed by atoms with Crippen molar-refractivity contribution in [3.8, 4) is 6.07 Å². The lowest BCUT2D eigenvalue weighted by molar-refractivity contribution is 0.0951. The molecule has 0 bridgehead atoms. The van der Waals surface area contributed by atoms with Crippen molar-refractivity contribution in [3.63, 3.8) is 0 Å². The van der Waals surface area contributed by atoms with Crippen molar-refractivity contribution in [2.75, 3.05) is 0 Å². The van der Waals surface area contributed by atoms with Crippen LogP contribution in [0.25, 0.3) is 0 Å². The van der Waals surface area contributed by atoms with Gasteiger partial charge < -0.3 is 5.32 Å². The quantitative estimate of drug-likeness (QED) is 0.640. The minimum atomic E-state index is -0.297. The average molecular weight is 381 g/mol. The Labute approximate surface area is 171 Å². The van der Waals surface area contributed by atoms with Crippen LogP contribution >= 0.6 is 0 Å². The van der Waals surface area contributed by atoms with Gasteiger partial charge in [0, 0.05) is 24.1 Å². The summed E-state index contributed by atoms with van der Waals surface area (Å²) in [6, 6.07) is 29.8. The van der Waals surface area contributed by atoms with E-state index in [0.29, 0.717) is 18.0 Å². The Balaban J connectivity index is 1.32. The van der Waals surface area contributed by atoms with Gasteiger partial charge in [0.15, 0.2) is 0 Å². The van der Waals surface area contributed by atoms with E-state index < -0.39 is 0 Å². The van der Waals surface area contributed by atoms with Gasteiger partial charge in [0.2, 0.25) is 0 Å². The number of carbonyl (C=O) groups is 1. The van der Waals surface area contributed by atoms with E-state index in [-0.39, 0.29) is 18.0 Å². The molecule has 1 aliphatic carbocycles. The van der Waals surface area contributed by atoms with E-state index in [1.165, 1.54) is 5.56 Å². The summed E-state index contributed by atoms with van der Waals surface area (Å²) in [6.45, 7) is 0.519. The zero-order chi connectivity index (χ0) is 20.1. The maximum atomic E-state index is 12.4. The number of carbonyl (C=O) groups excluding carboxylic acids is 1. The van der Waals surface area contributed by atoms with Crippen LogP contribution in [0.15, 0.2) is 84.9 Å². The van der Waals surface area contributed by atoms with Gasteiger partial charge in [-0.25, -0.2) is 0 Å². The fraction of sp³-hybridized carbons (Fsp3) is 0.200. The van der Waals surface area contributed by atoms with Crippen LogP contribution in [-0.2, 0) is 6.54 Å². The number of nitrogens with zero attached hydrogens (tertiary/aromatic N) is 1. The minimum Gasteiger partial charge on any atom is -0.348 e. The van der Waals surface area contributed by atoms with Gasteiger partial charge in [0.1, 0.15) is 6.04 Å². The smallest absolute Gasteiger partial charge is 0.251 e. The Hall–Kier alpha value is -3.42. The molecule has 1 saturated carbocycles. The number of hydrogen-bond acceptors (Lipinski definition) is 3. The van der Waals surface area contributed by atoms with Gasteiger partial charge in [-0.15, -0.1) is 0 Å². The second-order valence-electron chi connectivity index (χ2n) is 7.38. The van der Waals surface area contributed by atoms with Crippen molar-refractivity contribution in [1.82, 2.24) is 10.6 Å². The lowest BCUT2D eigenvalue weighted by Gasteiger charge is -2.12. The van der Waals surface area contributed by atoms with Crippen LogP contribution in [0.3, 0.4) is 0 Å². The second-order valence-corrected chi connectivity index (χ2v) is 7.38. The number of rotatable bonds is 7. The summed E-state index contributed by atoms with van der Waals surface area (Å²) >= 11 is 0. The largest absolute Gasteiger partial charge is 0.348 e. The Morgan fingerprint density at radius 2 is 1.62 bits per heavy atom. The van der Waals surface area contributed by atoms with Crippen molar-refractivity contribution >= 4 is 5.91 Å². The molecule has 0 saturated heterocycles. The zero-order valence-corrected chi connectivity index (χ0v) is 16.1. The third kappa shape index (κ3) is 4.71. The van der Waals surface area contributed by atoms with Crippen LogP contribution in [-0.4, -0.2) is 11.9 Å². The molecule has 4 rings (SSSR count). The highest BCUT2D eigenvalue weighted by Gasteiger charge is 2.39. The van der Waals surface area contributed by atoms with E-state index in [1.54, 1.807) is 0 Å². The summed E-state index contributed by atoms with van der Waals surface area (Å²) in [5.74, 6) is 0.315. The van der Waals surface area contributed by atoms with Gasteiger partial charge in [-0.3, -0.25) is 10.1 Å². The maximum Gasteiger partial charge on any atom is 0.251 e. The Kier molecular flexibility index (Phi) is 5.69. The fourth-order valence-corrected chi connectivity index (χ4v) is 3.58. The Morgan fingerprint density at radius 3 is 2.28 bits per heavy atom. The van der Waals surface area contributed by atoms with E-state index in [0.717, 1.165) is 17.5 Å². The van der Waals surface area contributed by atoms with Crippen molar-refractivity contribution in [2.24, 2.45) is 0 Å². The van der Waals surface area contributed by atoms with E-state index in [2.05, 4.69) is 16.7 Å². The van der Waals surface area contributed by atoms with E-state index >= 15 is 0 Å². The highest BCUT2D eigenvalue weighted by molar-refractivity contribution is 5.94. The lowest BCUT2D eigenvalue weighted by Crippen LogP contribution is -2.23. The molecule has 0 aromatic heterocycles. The standard InChI is InChI=1S/C25H23N3O/c26-16-24(20-9-5-2-6-10-20)28-23-15-22(23)19-11-13-21(14-12-19)25(29)27-17-18-7-3-1-4-8-18/h1-14,22-24,28H,15,17H2,(H,27,29). The van der Waals surface area contributed by atoms with E-state index in [1.807, 2.05) is 84.9 Å². The van der Waals surface area contributed by atoms with Crippen LogP contribution in [0, 0.1) is 11.3 Å². The molecule has 4 heteroatoms. The predicted octanol–water partition coefficient (Wildman–Crippen LogP) is 4.33. The Bertz CT molecular complexity index is 994. The zero-order valence-electron chi connectivity index (χ0n) is 16.1. The molecule has 144 valence electrons. The van der Waals surface area contributed by atoms with Gasteiger partial charge in [0.25, 0.3) is 5.91 Å². The number of amides is 1. The molecule has 1 aliphatic rings. The summed E-state index contributed by atoms with van der Waals surface area (Å²) in [4.78, 5) is 12.4. The number of nitriles is 1. The molecule has 0 heterocycles. The van der Waals surface area contributed by atoms with Crippen molar-refractivity contribution in [3.05, 3.63) is 107 Å². The first-order valence-corrected chi connectivity index (χ1v) is 9.87. The van der Waals surface area contributed by atoms with Crippen LogP contribution in [0.5, 0.6) is 0 Å². The fourth-order valence-electron chi connectivity index (χ4n) is 3.58. The number of hydrogen-bond donors (Lipinski definition) is 2. The average Bonchev–Trinajstić information content (AvgIpc) is 3.56. The van der Waals surface area contributed by atoms with E-state index in [9.17, 15) is 10.1 Å². The Morgan fingerprint density at radius 1 is 0.966 bits per heavy atom. The third-order valence-corrected chi connectivity index (χ3v) is 5.33. The third-order valence-electron chi connectivity index (χ3n) is 5.33. The molecule has 0 aliphatic heterocycles. The van der Waals surface area contributed by atoms with Crippen molar-refractivity contribution in [2.45, 2.75) is 31.0 Å². The number of nitrogens with one attached hydrogen (secondary N) is 2. The molecule has 3 aromatic carbocycles. The molecule has 0 radical (unpaired) electrons. The minimum absolute atomic E-state index is 0.0699. The molecule has 3 atom stereocenters. The van der Waals surface area contributed by atoms with Gasteiger partial charge in [0.05, 0.1) is 6.07 Å². The summed E-state index contributed by atoms with van der Waals surface area (Å²) in [5, 5.41) is 15.9. The van der Waals surface area contributed by atoms with Crippen LogP contribution in [0.2, 0.25) is 0 Å². The molecule has 3 unspecified atom stereocenters. The topological polar surface area (TPSA) is 64.9 Å². The molecule has 2 N–H and O–H groups in total. The van der Waals surface area contributed by atoms with Crippen LogP contribution in [0.4, 0.5) is 0 Å². The summed E-state index contributed by atoms with van der Waals surface area (Å²) in [5.41, 5.74) is 3.93. The van der Waals surface area contributed by atoms with E-state index in [4.69, 9.17) is 0 Å². The monoisotopic (exact) mass is 381 g/mol. The lowest BCUT2D eigenvalue weighted by atomic mass is 10.1. The molecule has 4 nitrogen and oxygen atoms in total. The summed E-state index contributed by atoms with van der Waals surface area (Å²) in [7, 11) is 0. The molecule has 1 fully saturated rings. The highest BCUT2D eigenvalue weighted by Crippen LogP contribution is 2.42. The number of benzene rings is 3. The SMILES string of the molecule is N#CC(NC1CC1c1ccc(C(=O)NCc2ccccc2)cc1)c1ccccc1. The van der Waals surface area contributed by atoms with Gasteiger partial charge in [-0.1, -0.05) is 72.8 Å². The second kappa shape index (κ2) is 8.72. The van der Waals surface area contributed by atoms with Gasteiger partial charge in [-0.2, -0.15) is 5.26 Å². The first-order chi connectivity index (χ1) is 14.2. The van der Waals surface area contributed by atoms with Crippen molar-refractivity contribution in [1.29, 1.82) is 5.26 Å².